The number of allylic oxidation sites excluding steroid dienone is 1. The first-order valence-electron chi connectivity index (χ1n) is 5.58. The highest BCUT2D eigenvalue weighted by atomic mass is 16.3. The number of fused-ring (bicyclic) bond motifs is 1. The predicted octanol–water partition coefficient (Wildman–Crippen LogP) is 3.82. The number of aliphatic hydroxyl groups is 1. The SMILES string of the molecule is C=CCCCC(O)c1coc2ccccc12. The van der Waals surface area contributed by atoms with Crippen LogP contribution in [0.5, 0.6) is 0 Å². The van der Waals surface area contributed by atoms with E-state index in [1.165, 1.54) is 0 Å². The van der Waals surface area contributed by atoms with Gasteiger partial charge in [-0.15, -0.1) is 6.58 Å². The average molecular weight is 216 g/mol. The lowest BCUT2D eigenvalue weighted by Gasteiger charge is -2.07. The van der Waals surface area contributed by atoms with Crippen molar-refractivity contribution in [3.05, 3.63) is 48.7 Å². The van der Waals surface area contributed by atoms with Crippen molar-refractivity contribution >= 4 is 11.0 Å². The van der Waals surface area contributed by atoms with Crippen LogP contribution >= 0.6 is 0 Å². The summed E-state index contributed by atoms with van der Waals surface area (Å²) in [6, 6.07) is 7.78. The third-order valence-electron chi connectivity index (χ3n) is 2.76. The van der Waals surface area contributed by atoms with Gasteiger partial charge < -0.3 is 9.52 Å². The van der Waals surface area contributed by atoms with Crippen molar-refractivity contribution in [1.29, 1.82) is 0 Å². The zero-order chi connectivity index (χ0) is 11.4. The highest BCUT2D eigenvalue weighted by Gasteiger charge is 2.13. The van der Waals surface area contributed by atoms with Gasteiger partial charge >= 0.3 is 0 Å². The van der Waals surface area contributed by atoms with Gasteiger partial charge in [0.05, 0.1) is 12.4 Å². The first-order chi connectivity index (χ1) is 7.83. The molecular weight excluding hydrogens is 200 g/mol. The van der Waals surface area contributed by atoms with Crippen molar-refractivity contribution in [3.63, 3.8) is 0 Å². The lowest BCUT2D eigenvalue weighted by molar-refractivity contribution is 0.165. The molecule has 1 heterocycles. The molecule has 0 radical (unpaired) electrons. The molecule has 1 unspecified atom stereocenters. The third kappa shape index (κ3) is 2.17. The van der Waals surface area contributed by atoms with Crippen LogP contribution in [0.4, 0.5) is 0 Å². The fourth-order valence-electron chi connectivity index (χ4n) is 1.87. The molecule has 2 heteroatoms. The van der Waals surface area contributed by atoms with Crippen LogP contribution in [0.3, 0.4) is 0 Å². The summed E-state index contributed by atoms with van der Waals surface area (Å²) in [5, 5.41) is 11.0. The summed E-state index contributed by atoms with van der Waals surface area (Å²) < 4.78 is 5.40. The van der Waals surface area contributed by atoms with Crippen LogP contribution in [-0.2, 0) is 0 Å². The minimum absolute atomic E-state index is 0.441. The van der Waals surface area contributed by atoms with Crippen molar-refractivity contribution < 1.29 is 9.52 Å². The third-order valence-corrected chi connectivity index (χ3v) is 2.76. The smallest absolute Gasteiger partial charge is 0.134 e. The Morgan fingerprint density at radius 2 is 2.19 bits per heavy atom. The van der Waals surface area contributed by atoms with Crippen LogP contribution in [0, 0.1) is 0 Å². The number of furan rings is 1. The van der Waals surface area contributed by atoms with Gasteiger partial charge in [0.2, 0.25) is 0 Å². The first-order valence-corrected chi connectivity index (χ1v) is 5.58. The highest BCUT2D eigenvalue weighted by molar-refractivity contribution is 5.81. The molecular formula is C14H16O2. The quantitative estimate of drug-likeness (QED) is 0.608. The maximum absolute atomic E-state index is 10.0. The summed E-state index contributed by atoms with van der Waals surface area (Å²) in [4.78, 5) is 0. The van der Waals surface area contributed by atoms with Crippen molar-refractivity contribution in [3.8, 4) is 0 Å². The monoisotopic (exact) mass is 216 g/mol. The van der Waals surface area contributed by atoms with Crippen molar-refractivity contribution in [2.24, 2.45) is 0 Å². The Morgan fingerprint density at radius 1 is 1.38 bits per heavy atom. The Labute approximate surface area is 95.2 Å². The van der Waals surface area contributed by atoms with Gasteiger partial charge in [-0.1, -0.05) is 24.3 Å². The van der Waals surface area contributed by atoms with E-state index in [1.807, 2.05) is 30.3 Å². The van der Waals surface area contributed by atoms with Crippen molar-refractivity contribution in [2.45, 2.75) is 25.4 Å². The molecule has 16 heavy (non-hydrogen) atoms. The van der Waals surface area contributed by atoms with Crippen molar-refractivity contribution in [1.82, 2.24) is 0 Å². The van der Waals surface area contributed by atoms with Crippen LogP contribution in [-0.4, -0.2) is 5.11 Å². The normalized spacial score (nSPS) is 12.8. The predicted molar refractivity (Wildman–Crippen MR) is 65.2 cm³/mol. The molecule has 0 saturated carbocycles. The topological polar surface area (TPSA) is 33.4 Å². The molecule has 0 fully saturated rings. The number of aliphatic hydroxyl groups excluding tert-OH is 1. The van der Waals surface area contributed by atoms with Crippen LogP contribution < -0.4 is 0 Å². The fraction of sp³-hybridized carbons (Fsp3) is 0.286. The molecule has 0 spiro atoms. The zero-order valence-electron chi connectivity index (χ0n) is 9.23. The summed E-state index contributed by atoms with van der Waals surface area (Å²) in [6.07, 6.45) is 5.72. The Hall–Kier alpha value is -1.54. The molecule has 2 aromatic rings. The van der Waals surface area contributed by atoms with Gasteiger partial charge in [-0.3, -0.25) is 0 Å². The Bertz CT molecular complexity index is 470. The van der Waals surface area contributed by atoms with Gasteiger partial charge in [-0.2, -0.15) is 0 Å². The van der Waals surface area contributed by atoms with E-state index in [2.05, 4.69) is 6.58 Å². The first kappa shape index (κ1) is 11.0. The second-order valence-corrected chi connectivity index (χ2v) is 3.92. The summed E-state index contributed by atoms with van der Waals surface area (Å²) >= 11 is 0. The van der Waals surface area contributed by atoms with E-state index in [1.54, 1.807) is 6.26 Å². The maximum Gasteiger partial charge on any atom is 0.134 e. The molecule has 1 aromatic carbocycles. The van der Waals surface area contributed by atoms with Crippen LogP contribution in [0.1, 0.15) is 30.9 Å². The van der Waals surface area contributed by atoms with Gasteiger partial charge in [0.15, 0.2) is 0 Å². The van der Waals surface area contributed by atoms with Gasteiger partial charge in [0.1, 0.15) is 5.58 Å². The number of hydrogen-bond acceptors (Lipinski definition) is 2. The lowest BCUT2D eigenvalue weighted by atomic mass is 10.0. The number of para-hydroxylation sites is 1. The van der Waals surface area contributed by atoms with E-state index in [0.717, 1.165) is 35.8 Å². The Kier molecular flexibility index (Phi) is 3.42. The second kappa shape index (κ2) is 4.99. The van der Waals surface area contributed by atoms with E-state index in [9.17, 15) is 5.11 Å². The second-order valence-electron chi connectivity index (χ2n) is 3.92. The maximum atomic E-state index is 10.0. The largest absolute Gasteiger partial charge is 0.464 e. The molecule has 0 aliphatic heterocycles. The van der Waals surface area contributed by atoms with Crippen LogP contribution in [0.15, 0.2) is 47.6 Å². The fourth-order valence-corrected chi connectivity index (χ4v) is 1.87. The van der Waals surface area contributed by atoms with E-state index < -0.39 is 6.10 Å². The number of benzene rings is 1. The average Bonchev–Trinajstić information content (AvgIpc) is 2.73. The molecule has 0 bridgehead atoms. The molecule has 0 aliphatic carbocycles. The number of rotatable bonds is 5. The Balaban J connectivity index is 2.16. The summed E-state index contributed by atoms with van der Waals surface area (Å²) in [7, 11) is 0. The molecule has 1 aromatic heterocycles. The number of unbranched alkanes of at least 4 members (excludes halogenated alkanes) is 1. The van der Waals surface area contributed by atoms with E-state index in [4.69, 9.17) is 4.42 Å². The van der Waals surface area contributed by atoms with E-state index in [0.29, 0.717) is 0 Å². The van der Waals surface area contributed by atoms with Crippen molar-refractivity contribution in [2.75, 3.05) is 0 Å². The van der Waals surface area contributed by atoms with Crippen LogP contribution in [0.2, 0.25) is 0 Å². The molecule has 84 valence electrons. The highest BCUT2D eigenvalue weighted by Crippen LogP contribution is 2.28. The van der Waals surface area contributed by atoms with Gasteiger partial charge in [-0.25, -0.2) is 0 Å². The van der Waals surface area contributed by atoms with E-state index >= 15 is 0 Å². The molecule has 2 rings (SSSR count). The molecule has 2 nitrogen and oxygen atoms in total. The molecule has 0 aliphatic rings. The standard InChI is InChI=1S/C14H16O2/c1-2-3-4-8-13(15)12-10-16-14-9-6-5-7-11(12)14/h2,5-7,9-10,13,15H,1,3-4,8H2. The Morgan fingerprint density at radius 3 is 3.00 bits per heavy atom. The van der Waals surface area contributed by atoms with Crippen LogP contribution in [0.25, 0.3) is 11.0 Å². The summed E-state index contributed by atoms with van der Waals surface area (Å²) in [5.41, 5.74) is 1.72. The van der Waals surface area contributed by atoms with Gasteiger partial charge in [0.25, 0.3) is 0 Å². The lowest BCUT2D eigenvalue weighted by Crippen LogP contribution is -1.95. The summed E-state index contributed by atoms with van der Waals surface area (Å²) in [5.74, 6) is 0. The number of hydrogen-bond donors (Lipinski definition) is 1. The minimum atomic E-state index is -0.441. The molecule has 1 atom stereocenters. The zero-order valence-corrected chi connectivity index (χ0v) is 9.23. The molecule has 0 amide bonds. The summed E-state index contributed by atoms with van der Waals surface area (Å²) in [6.45, 7) is 3.67. The van der Waals surface area contributed by atoms with Gasteiger partial charge in [-0.05, 0) is 25.3 Å². The minimum Gasteiger partial charge on any atom is -0.464 e. The molecule has 1 N–H and O–H groups in total. The van der Waals surface area contributed by atoms with Gasteiger partial charge in [0, 0.05) is 10.9 Å². The van der Waals surface area contributed by atoms with E-state index in [-0.39, 0.29) is 0 Å². The molecule has 0 saturated heterocycles.